The maximum absolute atomic E-state index is 13.7. The zero-order valence-electron chi connectivity index (χ0n) is 17.3. The van der Waals surface area contributed by atoms with Gasteiger partial charge in [-0.05, 0) is 35.7 Å². The van der Waals surface area contributed by atoms with Crippen molar-refractivity contribution in [2.45, 2.75) is 24.7 Å². The van der Waals surface area contributed by atoms with Crippen LogP contribution in [0.5, 0.6) is 0 Å². The largest absolute Gasteiger partial charge is 0.325 e. The molecule has 1 saturated heterocycles. The van der Waals surface area contributed by atoms with Gasteiger partial charge in [-0.2, -0.15) is 4.31 Å². The number of halogens is 3. The van der Waals surface area contributed by atoms with Gasteiger partial charge in [-0.15, -0.1) is 0 Å². The van der Waals surface area contributed by atoms with Gasteiger partial charge in [-0.3, -0.25) is 4.79 Å². The van der Waals surface area contributed by atoms with E-state index in [0.717, 1.165) is 22.6 Å². The number of nitrogens with one attached hydrogen (secondary N) is 2. The Hall–Kier alpha value is -2.43. The molecular formula is C21H25F3N3O3S+. The predicted octanol–water partition coefficient (Wildman–Crippen LogP) is 1.76. The minimum Gasteiger partial charge on any atom is -0.325 e. The predicted molar refractivity (Wildman–Crippen MR) is 110 cm³/mol. The summed E-state index contributed by atoms with van der Waals surface area (Å²) in [6, 6.07) is 8.51. The summed E-state index contributed by atoms with van der Waals surface area (Å²) in [5.41, 5.74) is 0.617. The highest BCUT2D eigenvalue weighted by Gasteiger charge is 2.31. The van der Waals surface area contributed by atoms with Gasteiger partial charge >= 0.3 is 0 Å². The van der Waals surface area contributed by atoms with Gasteiger partial charge in [-0.1, -0.05) is 26.0 Å². The number of amides is 1. The van der Waals surface area contributed by atoms with E-state index in [2.05, 4.69) is 5.32 Å². The second-order valence-corrected chi connectivity index (χ2v) is 9.76. The van der Waals surface area contributed by atoms with Gasteiger partial charge in [0.1, 0.15) is 0 Å². The van der Waals surface area contributed by atoms with Crippen molar-refractivity contribution in [1.29, 1.82) is 0 Å². The fourth-order valence-corrected chi connectivity index (χ4v) is 4.88. The number of nitrogens with zero attached hydrogens (tertiary/aromatic N) is 1. The number of carbonyl (C=O) groups is 1. The number of rotatable bonds is 6. The molecule has 0 bridgehead atoms. The van der Waals surface area contributed by atoms with Crippen LogP contribution in [0.2, 0.25) is 0 Å². The maximum Gasteiger partial charge on any atom is 0.279 e. The summed E-state index contributed by atoms with van der Waals surface area (Å²) < 4.78 is 67.1. The zero-order valence-corrected chi connectivity index (χ0v) is 18.1. The van der Waals surface area contributed by atoms with Gasteiger partial charge < -0.3 is 10.2 Å². The van der Waals surface area contributed by atoms with Crippen LogP contribution in [0.25, 0.3) is 0 Å². The van der Waals surface area contributed by atoms with Crippen LogP contribution in [0.4, 0.5) is 18.9 Å². The van der Waals surface area contributed by atoms with Gasteiger partial charge in [0.2, 0.25) is 10.0 Å². The van der Waals surface area contributed by atoms with E-state index in [9.17, 15) is 26.4 Å². The summed E-state index contributed by atoms with van der Waals surface area (Å²) in [5, 5.41) is 2.23. The third kappa shape index (κ3) is 5.25. The van der Waals surface area contributed by atoms with E-state index in [1.165, 1.54) is 4.31 Å². The van der Waals surface area contributed by atoms with Crippen LogP contribution >= 0.6 is 0 Å². The molecule has 168 valence electrons. The number of anilines is 1. The maximum atomic E-state index is 13.7. The van der Waals surface area contributed by atoms with Crippen LogP contribution in [0, 0.1) is 17.5 Å². The van der Waals surface area contributed by atoms with Crippen LogP contribution < -0.4 is 10.2 Å². The van der Waals surface area contributed by atoms with E-state index in [1.807, 2.05) is 13.8 Å². The Bertz CT molecular complexity index is 1050. The minimum absolute atomic E-state index is 0.0462. The van der Waals surface area contributed by atoms with Crippen LogP contribution in [0.1, 0.15) is 25.3 Å². The lowest BCUT2D eigenvalue weighted by molar-refractivity contribution is -0.895. The highest BCUT2D eigenvalue weighted by molar-refractivity contribution is 7.89. The lowest BCUT2D eigenvalue weighted by Gasteiger charge is -2.31. The third-order valence-electron chi connectivity index (χ3n) is 5.33. The molecule has 1 aliphatic rings. The smallest absolute Gasteiger partial charge is 0.279 e. The van der Waals surface area contributed by atoms with E-state index >= 15 is 0 Å². The second kappa shape index (κ2) is 9.37. The number of piperazine rings is 1. The first-order chi connectivity index (χ1) is 14.6. The van der Waals surface area contributed by atoms with E-state index in [1.54, 1.807) is 24.3 Å². The molecule has 6 nitrogen and oxygen atoms in total. The molecule has 2 aromatic rings. The molecule has 0 aromatic heterocycles. The Morgan fingerprint density at radius 2 is 1.65 bits per heavy atom. The Morgan fingerprint density at radius 1 is 1.03 bits per heavy atom. The number of hydrogen-bond acceptors (Lipinski definition) is 3. The van der Waals surface area contributed by atoms with Crippen LogP contribution in [0.3, 0.4) is 0 Å². The molecule has 10 heteroatoms. The minimum atomic E-state index is -3.63. The highest BCUT2D eigenvalue weighted by Crippen LogP contribution is 2.21. The van der Waals surface area contributed by atoms with Crippen molar-refractivity contribution in [1.82, 2.24) is 4.31 Å². The zero-order chi connectivity index (χ0) is 22.8. The Morgan fingerprint density at radius 3 is 2.23 bits per heavy atom. The number of benzene rings is 2. The fourth-order valence-electron chi connectivity index (χ4n) is 3.44. The number of hydrogen-bond donors (Lipinski definition) is 2. The topological polar surface area (TPSA) is 70.9 Å². The van der Waals surface area contributed by atoms with Crippen LogP contribution in [-0.4, -0.2) is 51.4 Å². The molecule has 1 fully saturated rings. The Kier molecular flexibility index (Phi) is 7.03. The molecule has 1 heterocycles. The van der Waals surface area contributed by atoms with Crippen molar-refractivity contribution in [3.8, 4) is 0 Å². The van der Waals surface area contributed by atoms with Crippen molar-refractivity contribution in [2.24, 2.45) is 0 Å². The van der Waals surface area contributed by atoms with Gasteiger partial charge in [0.15, 0.2) is 24.0 Å². The van der Waals surface area contributed by atoms with Crippen LogP contribution in [0.15, 0.2) is 41.3 Å². The summed E-state index contributed by atoms with van der Waals surface area (Å²) in [4.78, 5) is 13.2. The molecular weight excluding hydrogens is 431 g/mol. The lowest BCUT2D eigenvalue weighted by Crippen LogP contribution is -3.15. The first kappa shape index (κ1) is 23.2. The molecule has 0 radical (unpaired) electrons. The standard InChI is InChI=1S/C21H24F3N3O3S/c1-14(2)15-3-5-16(6-4-15)31(29,30)27-11-9-26(10-12-27)13-19(28)25-18-8-7-17(22)20(23)21(18)24/h3-8,14H,9-13H2,1-2H3,(H,25,28)/p+1. The monoisotopic (exact) mass is 456 g/mol. The molecule has 0 spiro atoms. The average molecular weight is 457 g/mol. The van der Waals surface area contributed by atoms with Gasteiger partial charge in [0.05, 0.1) is 36.8 Å². The second-order valence-electron chi connectivity index (χ2n) is 7.83. The summed E-state index contributed by atoms with van der Waals surface area (Å²) in [7, 11) is -3.63. The summed E-state index contributed by atoms with van der Waals surface area (Å²) >= 11 is 0. The van der Waals surface area contributed by atoms with Crippen molar-refractivity contribution in [2.75, 3.05) is 38.0 Å². The lowest BCUT2D eigenvalue weighted by atomic mass is 10.0. The molecule has 0 atom stereocenters. The molecule has 2 aromatic carbocycles. The fraction of sp³-hybridized carbons (Fsp3) is 0.381. The summed E-state index contributed by atoms with van der Waals surface area (Å²) in [5.74, 6) is -4.71. The number of sulfonamides is 1. The van der Waals surface area contributed by atoms with E-state index in [0.29, 0.717) is 19.0 Å². The normalized spacial score (nSPS) is 15.9. The van der Waals surface area contributed by atoms with Crippen molar-refractivity contribution in [3.63, 3.8) is 0 Å². The molecule has 0 saturated carbocycles. The van der Waals surface area contributed by atoms with Gasteiger partial charge in [0, 0.05) is 0 Å². The Balaban J connectivity index is 1.56. The molecule has 3 rings (SSSR count). The van der Waals surface area contributed by atoms with E-state index in [4.69, 9.17) is 0 Å². The van der Waals surface area contributed by atoms with Crippen molar-refractivity contribution < 1.29 is 31.3 Å². The van der Waals surface area contributed by atoms with Crippen molar-refractivity contribution in [3.05, 3.63) is 59.4 Å². The molecule has 31 heavy (non-hydrogen) atoms. The highest BCUT2D eigenvalue weighted by atomic mass is 32.2. The number of quaternary nitrogens is 1. The Labute approximate surface area is 179 Å². The van der Waals surface area contributed by atoms with Gasteiger partial charge in [0.25, 0.3) is 5.91 Å². The molecule has 1 aliphatic heterocycles. The summed E-state index contributed by atoms with van der Waals surface area (Å²) in [6.07, 6.45) is 0. The first-order valence-electron chi connectivity index (χ1n) is 9.96. The van der Waals surface area contributed by atoms with Gasteiger partial charge in [-0.25, -0.2) is 21.6 Å². The molecule has 1 amide bonds. The molecule has 0 unspecified atom stereocenters. The first-order valence-corrected chi connectivity index (χ1v) is 11.4. The number of carbonyl (C=O) groups excluding carboxylic acids is 1. The molecule has 0 aliphatic carbocycles. The van der Waals surface area contributed by atoms with Crippen LogP contribution in [-0.2, 0) is 14.8 Å². The average Bonchev–Trinajstić information content (AvgIpc) is 2.74. The quantitative estimate of drug-likeness (QED) is 0.651. The van der Waals surface area contributed by atoms with E-state index in [-0.39, 0.29) is 24.5 Å². The third-order valence-corrected chi connectivity index (χ3v) is 7.25. The van der Waals surface area contributed by atoms with E-state index < -0.39 is 39.1 Å². The SMILES string of the molecule is CC(C)c1ccc(S(=O)(=O)N2CC[NH+](CC(=O)Nc3ccc(F)c(F)c3F)CC2)cc1. The molecule has 2 N–H and O–H groups in total. The summed E-state index contributed by atoms with van der Waals surface area (Å²) in [6.45, 7) is 5.25. The van der Waals surface area contributed by atoms with Crippen molar-refractivity contribution >= 4 is 21.6 Å².